The fraction of sp³-hybridized carbons (Fsp3) is 0.250. The minimum Gasteiger partial charge on any atom is -0.379 e. The van der Waals surface area contributed by atoms with Gasteiger partial charge in [-0.2, -0.15) is 5.26 Å². The Bertz CT molecular complexity index is 520. The normalized spacial score (nSPS) is 18.7. The summed E-state index contributed by atoms with van der Waals surface area (Å²) in [6.45, 7) is 0.621. The second-order valence-corrected chi connectivity index (χ2v) is 5.15. The maximum atomic E-state index is 12.1. The highest BCUT2D eigenvalue weighted by Crippen LogP contribution is 2.28. The van der Waals surface area contributed by atoms with E-state index in [-0.39, 0.29) is 16.3 Å². The molecule has 0 saturated carbocycles. The van der Waals surface area contributed by atoms with Crippen LogP contribution >= 0.6 is 11.8 Å². The Morgan fingerprint density at radius 3 is 2.72 bits per heavy atom. The van der Waals surface area contributed by atoms with Crippen LogP contribution in [0.4, 0.5) is 5.69 Å². The van der Waals surface area contributed by atoms with Gasteiger partial charge < -0.3 is 10.6 Å². The lowest BCUT2D eigenvalue weighted by Gasteiger charge is -2.16. The predicted octanol–water partition coefficient (Wildman–Crippen LogP) is 1.29. The molecule has 1 saturated heterocycles. The fourth-order valence-corrected chi connectivity index (χ4v) is 2.65. The highest BCUT2D eigenvalue weighted by molar-refractivity contribution is 8.14. The number of rotatable bonds is 2. The number of thioether (sulfide) groups is 1. The number of amides is 1. The number of nitrogens with one attached hydrogen (secondary N) is 1. The van der Waals surface area contributed by atoms with Crippen molar-refractivity contribution in [2.75, 3.05) is 11.4 Å². The molecule has 18 heavy (non-hydrogen) atoms. The lowest BCUT2D eigenvalue weighted by atomic mass is 10.2. The van der Waals surface area contributed by atoms with Gasteiger partial charge in [0, 0.05) is 12.2 Å². The first-order chi connectivity index (χ1) is 8.61. The Morgan fingerprint density at radius 1 is 1.50 bits per heavy atom. The molecule has 1 fully saturated rings. The van der Waals surface area contributed by atoms with E-state index >= 15 is 0 Å². The van der Waals surface area contributed by atoms with Crippen LogP contribution in [-0.2, 0) is 4.79 Å². The van der Waals surface area contributed by atoms with E-state index < -0.39 is 0 Å². The maximum absolute atomic E-state index is 12.1. The van der Waals surface area contributed by atoms with Crippen LogP contribution in [0.2, 0.25) is 0 Å². The van der Waals surface area contributed by atoms with Gasteiger partial charge in [-0.3, -0.25) is 10.2 Å². The van der Waals surface area contributed by atoms with Gasteiger partial charge in [-0.25, -0.2) is 0 Å². The van der Waals surface area contributed by atoms with Crippen molar-refractivity contribution in [2.24, 2.45) is 5.73 Å². The molecule has 0 radical (unpaired) electrons. The minimum absolute atomic E-state index is 0.0279. The third-order valence-electron chi connectivity index (χ3n) is 2.73. The molecular weight excluding hydrogens is 248 g/mol. The molecule has 2 rings (SSSR count). The van der Waals surface area contributed by atoms with Gasteiger partial charge in [0.25, 0.3) is 0 Å². The van der Waals surface area contributed by atoms with Crippen molar-refractivity contribution in [3.63, 3.8) is 0 Å². The number of carbonyl (C=O) groups excluding carboxylic acids is 1. The lowest BCUT2D eigenvalue weighted by Crippen LogP contribution is -2.29. The molecule has 92 valence electrons. The number of nitrogens with zero attached hydrogens (tertiary/aromatic N) is 2. The number of hydrogen-bond donors (Lipinski definition) is 2. The zero-order valence-electron chi connectivity index (χ0n) is 9.59. The van der Waals surface area contributed by atoms with Crippen LogP contribution in [0.1, 0.15) is 12.0 Å². The summed E-state index contributed by atoms with van der Waals surface area (Å²) in [4.78, 5) is 13.8. The molecule has 1 amide bonds. The number of nitriles is 1. The Morgan fingerprint density at radius 2 is 2.17 bits per heavy atom. The number of anilines is 1. The number of carbonyl (C=O) groups is 1. The van der Waals surface area contributed by atoms with Crippen LogP contribution in [0.25, 0.3) is 0 Å². The van der Waals surface area contributed by atoms with Gasteiger partial charge in [0.05, 0.1) is 16.9 Å². The second-order valence-electron chi connectivity index (χ2n) is 3.91. The quantitative estimate of drug-likeness (QED) is 0.619. The van der Waals surface area contributed by atoms with E-state index in [0.29, 0.717) is 18.5 Å². The van der Waals surface area contributed by atoms with E-state index in [0.717, 1.165) is 17.4 Å². The van der Waals surface area contributed by atoms with Crippen molar-refractivity contribution >= 4 is 28.5 Å². The maximum Gasteiger partial charge on any atom is 0.240 e. The zero-order valence-corrected chi connectivity index (χ0v) is 10.4. The summed E-state index contributed by atoms with van der Waals surface area (Å²) in [5.74, 6) is -0.0279. The monoisotopic (exact) mass is 260 g/mol. The predicted molar refractivity (Wildman–Crippen MR) is 71.4 cm³/mol. The fourth-order valence-electron chi connectivity index (χ4n) is 1.89. The summed E-state index contributed by atoms with van der Waals surface area (Å²) in [5, 5.41) is 15.6. The van der Waals surface area contributed by atoms with Crippen molar-refractivity contribution in [3.8, 4) is 6.07 Å². The van der Waals surface area contributed by atoms with Gasteiger partial charge in [0.15, 0.2) is 5.17 Å². The van der Waals surface area contributed by atoms with Crippen LogP contribution in [0.3, 0.4) is 0 Å². The van der Waals surface area contributed by atoms with Gasteiger partial charge in [-0.05, 0) is 30.7 Å². The highest BCUT2D eigenvalue weighted by atomic mass is 32.2. The summed E-state index contributed by atoms with van der Waals surface area (Å²) in [7, 11) is 0. The summed E-state index contributed by atoms with van der Waals surface area (Å²) in [5.41, 5.74) is 6.65. The first-order valence-electron chi connectivity index (χ1n) is 5.44. The Kier molecular flexibility index (Phi) is 3.53. The molecule has 1 atom stereocenters. The van der Waals surface area contributed by atoms with Crippen LogP contribution < -0.4 is 10.6 Å². The summed E-state index contributed by atoms with van der Waals surface area (Å²) in [6.07, 6.45) is 0.684. The van der Waals surface area contributed by atoms with Crippen molar-refractivity contribution in [1.82, 2.24) is 0 Å². The molecule has 1 unspecified atom stereocenters. The average Bonchev–Trinajstić information content (AvgIpc) is 2.71. The van der Waals surface area contributed by atoms with E-state index in [4.69, 9.17) is 16.4 Å². The SMILES string of the molecule is N#Cc1ccc(N2CCC(SC(=N)N)C2=O)cc1. The molecular formula is C12H12N4OS. The third-order valence-corrected chi connectivity index (χ3v) is 3.71. The van der Waals surface area contributed by atoms with Crippen LogP contribution in [0.5, 0.6) is 0 Å². The molecule has 1 heterocycles. The summed E-state index contributed by atoms with van der Waals surface area (Å²) in [6, 6.07) is 8.94. The standard InChI is InChI=1S/C12H12N4OS/c13-7-8-1-3-9(4-2-8)16-6-5-10(11(16)17)18-12(14)15/h1-4,10H,5-6H2,(H3,14,15). The smallest absolute Gasteiger partial charge is 0.240 e. The van der Waals surface area contributed by atoms with E-state index in [1.165, 1.54) is 0 Å². The topological polar surface area (TPSA) is 94.0 Å². The van der Waals surface area contributed by atoms with Gasteiger partial charge >= 0.3 is 0 Å². The Hall–Kier alpha value is -2.00. The molecule has 0 spiro atoms. The van der Waals surface area contributed by atoms with Crippen molar-refractivity contribution in [3.05, 3.63) is 29.8 Å². The third kappa shape index (κ3) is 2.46. The molecule has 0 aliphatic carbocycles. The second kappa shape index (κ2) is 5.10. The molecule has 1 aliphatic rings. The van der Waals surface area contributed by atoms with Crippen molar-refractivity contribution in [2.45, 2.75) is 11.7 Å². The molecule has 0 bridgehead atoms. The molecule has 0 aromatic heterocycles. The van der Waals surface area contributed by atoms with Crippen molar-refractivity contribution < 1.29 is 4.79 Å². The van der Waals surface area contributed by atoms with Crippen molar-refractivity contribution in [1.29, 1.82) is 10.7 Å². The van der Waals surface area contributed by atoms with Crippen LogP contribution in [0.15, 0.2) is 24.3 Å². The number of nitrogens with two attached hydrogens (primary N) is 1. The number of amidine groups is 1. The average molecular weight is 260 g/mol. The van der Waals surface area contributed by atoms with E-state index in [1.807, 2.05) is 6.07 Å². The van der Waals surface area contributed by atoms with E-state index in [2.05, 4.69) is 0 Å². The molecule has 3 N–H and O–H groups in total. The van der Waals surface area contributed by atoms with Crippen LogP contribution in [-0.4, -0.2) is 22.9 Å². The van der Waals surface area contributed by atoms with E-state index in [1.54, 1.807) is 29.2 Å². The Balaban J connectivity index is 2.13. The first-order valence-corrected chi connectivity index (χ1v) is 6.32. The van der Waals surface area contributed by atoms with Gasteiger partial charge in [-0.15, -0.1) is 0 Å². The minimum atomic E-state index is -0.266. The highest BCUT2D eigenvalue weighted by Gasteiger charge is 2.33. The largest absolute Gasteiger partial charge is 0.379 e. The summed E-state index contributed by atoms with van der Waals surface area (Å²) < 4.78 is 0. The Labute approximate surface area is 109 Å². The molecule has 1 aromatic rings. The number of benzene rings is 1. The summed E-state index contributed by atoms with van der Waals surface area (Å²) >= 11 is 1.09. The van der Waals surface area contributed by atoms with Gasteiger partial charge in [0.1, 0.15) is 0 Å². The lowest BCUT2D eigenvalue weighted by molar-refractivity contribution is -0.116. The van der Waals surface area contributed by atoms with Crippen LogP contribution in [0, 0.1) is 16.7 Å². The molecule has 5 nitrogen and oxygen atoms in total. The van der Waals surface area contributed by atoms with Gasteiger partial charge in [-0.1, -0.05) is 11.8 Å². The number of hydrogen-bond acceptors (Lipinski definition) is 4. The molecule has 1 aromatic carbocycles. The first kappa shape index (κ1) is 12.5. The zero-order chi connectivity index (χ0) is 13.1. The van der Waals surface area contributed by atoms with E-state index in [9.17, 15) is 4.79 Å². The molecule has 6 heteroatoms. The molecule has 1 aliphatic heterocycles. The van der Waals surface area contributed by atoms with Gasteiger partial charge in [0.2, 0.25) is 5.91 Å².